The van der Waals surface area contributed by atoms with Crippen molar-refractivity contribution in [2.45, 2.75) is 0 Å². The maximum absolute atomic E-state index is 5.15. The molecule has 10 rings (SSSR count). The molecule has 0 N–H and O–H groups in total. The minimum absolute atomic E-state index is 0.617. The van der Waals surface area contributed by atoms with Gasteiger partial charge in [0.25, 0.3) is 0 Å². The van der Waals surface area contributed by atoms with E-state index in [1.165, 1.54) is 0 Å². The van der Waals surface area contributed by atoms with E-state index in [-0.39, 0.29) is 0 Å². The van der Waals surface area contributed by atoms with Gasteiger partial charge in [0.05, 0.1) is 33.5 Å². The lowest BCUT2D eigenvalue weighted by Gasteiger charge is -2.13. The van der Waals surface area contributed by atoms with Gasteiger partial charge in [-0.2, -0.15) is 0 Å². The van der Waals surface area contributed by atoms with Crippen molar-refractivity contribution >= 4 is 54.4 Å². The lowest BCUT2D eigenvalue weighted by Crippen LogP contribution is -1.92. The molecule has 232 valence electrons. The topological polar surface area (TPSA) is 77.3 Å². The molecule has 0 spiro atoms. The lowest BCUT2D eigenvalue weighted by molar-refractivity contribution is 1.15. The third-order valence-electron chi connectivity index (χ3n) is 9.42. The highest BCUT2D eigenvalue weighted by molar-refractivity contribution is 6.07. The summed E-state index contributed by atoms with van der Waals surface area (Å²) in [7, 11) is 0. The highest BCUT2D eigenvalue weighted by Crippen LogP contribution is 2.37. The zero-order valence-corrected chi connectivity index (χ0v) is 26.7. The van der Waals surface area contributed by atoms with Gasteiger partial charge in [-0.05, 0) is 70.4 Å². The van der Waals surface area contributed by atoms with Crippen molar-refractivity contribution in [3.63, 3.8) is 0 Å². The smallest absolute Gasteiger partial charge is 0.178 e. The van der Waals surface area contributed by atoms with E-state index < -0.39 is 0 Å². The van der Waals surface area contributed by atoms with Crippen LogP contribution in [0.5, 0.6) is 0 Å². The number of rotatable bonds is 4. The van der Waals surface area contributed by atoms with Crippen molar-refractivity contribution in [3.8, 4) is 45.2 Å². The molecule has 5 aromatic carbocycles. The first-order chi connectivity index (χ1) is 24.7. The average Bonchev–Trinajstić information content (AvgIpc) is 3.19. The summed E-state index contributed by atoms with van der Waals surface area (Å²) >= 11 is 0. The van der Waals surface area contributed by atoms with Gasteiger partial charge in [0.1, 0.15) is 5.69 Å². The summed E-state index contributed by atoms with van der Waals surface area (Å²) in [4.78, 5) is 28.6. The fraction of sp³-hybridized carbons (Fsp3) is 0. The predicted octanol–water partition coefficient (Wildman–Crippen LogP) is 10.5. The lowest BCUT2D eigenvalue weighted by atomic mass is 9.95. The van der Waals surface area contributed by atoms with Crippen LogP contribution in [0.4, 0.5) is 0 Å². The second kappa shape index (κ2) is 11.4. The molecule has 0 unspecified atom stereocenters. The van der Waals surface area contributed by atoms with Crippen LogP contribution < -0.4 is 0 Å². The minimum atomic E-state index is 0.617. The van der Waals surface area contributed by atoms with E-state index >= 15 is 0 Å². The highest BCUT2D eigenvalue weighted by atomic mass is 14.9. The van der Waals surface area contributed by atoms with Crippen LogP contribution in [-0.4, -0.2) is 29.9 Å². The van der Waals surface area contributed by atoms with Gasteiger partial charge in [0.2, 0.25) is 0 Å². The van der Waals surface area contributed by atoms with Gasteiger partial charge in [0.15, 0.2) is 5.82 Å². The Morgan fingerprint density at radius 3 is 1.76 bits per heavy atom. The Labute approximate surface area is 286 Å². The van der Waals surface area contributed by atoms with Crippen LogP contribution in [0.3, 0.4) is 0 Å². The van der Waals surface area contributed by atoms with Gasteiger partial charge >= 0.3 is 0 Å². The second-order valence-electron chi connectivity index (χ2n) is 12.4. The number of aromatic nitrogens is 6. The molecule has 0 radical (unpaired) electrons. The third-order valence-corrected chi connectivity index (χ3v) is 9.42. The molecule has 0 aliphatic heterocycles. The number of hydrogen-bond acceptors (Lipinski definition) is 6. The fourth-order valence-electron chi connectivity index (χ4n) is 6.93. The number of nitrogens with zero attached hydrogens (tertiary/aromatic N) is 6. The molecule has 6 nitrogen and oxygen atoms in total. The van der Waals surface area contributed by atoms with Crippen LogP contribution in [-0.2, 0) is 0 Å². The van der Waals surface area contributed by atoms with E-state index in [4.69, 9.17) is 15.0 Å². The first kappa shape index (κ1) is 28.1. The van der Waals surface area contributed by atoms with Crippen LogP contribution >= 0.6 is 0 Å². The van der Waals surface area contributed by atoms with Crippen molar-refractivity contribution in [1.29, 1.82) is 0 Å². The fourth-order valence-corrected chi connectivity index (χ4v) is 6.93. The molecule has 0 amide bonds. The highest BCUT2D eigenvalue weighted by Gasteiger charge is 2.14. The summed E-state index contributed by atoms with van der Waals surface area (Å²) in [6, 6.07) is 48.3. The number of pyridine rings is 4. The molecule has 5 heterocycles. The Morgan fingerprint density at radius 1 is 0.340 bits per heavy atom. The van der Waals surface area contributed by atoms with Crippen molar-refractivity contribution in [3.05, 3.63) is 158 Å². The van der Waals surface area contributed by atoms with Gasteiger partial charge in [-0.25, -0.2) is 24.9 Å². The SMILES string of the molecule is c1cnc(-c2ccc3ccc(-c4ccc5nc(-c6ccc(-c7ccc8ccc9cccnc9c8n7)c7ccccc67)ccc5c4)cc3n2)nc1. The Bertz CT molecular complexity index is 2940. The standard InChI is InChI=1S/C44H26N6/c1-2-7-34-33(6-1)35(16-17-36(34)39-19-13-29-10-9-28-5-3-22-45-42(28)43(29)50-39)38-20-15-32-25-30(14-18-37(32)48-38)31-11-8-27-12-21-40(49-41(27)26-31)44-46-23-4-24-47-44/h1-26H. The predicted molar refractivity (Wildman–Crippen MR) is 202 cm³/mol. The molecule has 50 heavy (non-hydrogen) atoms. The van der Waals surface area contributed by atoms with Crippen LogP contribution in [0.25, 0.3) is 99.5 Å². The normalized spacial score (nSPS) is 11.6. The second-order valence-corrected chi connectivity index (χ2v) is 12.4. The molecule has 0 aliphatic carbocycles. The van der Waals surface area contributed by atoms with E-state index in [0.29, 0.717) is 5.82 Å². The molecule has 5 aromatic heterocycles. The molecular formula is C44H26N6. The zero-order valence-electron chi connectivity index (χ0n) is 26.7. The Kier molecular flexibility index (Phi) is 6.39. The van der Waals surface area contributed by atoms with E-state index in [2.05, 4.69) is 136 Å². The van der Waals surface area contributed by atoms with Gasteiger partial charge in [0, 0.05) is 51.3 Å². The average molecular weight is 639 g/mol. The first-order valence-electron chi connectivity index (χ1n) is 16.5. The summed E-state index contributed by atoms with van der Waals surface area (Å²) in [6.45, 7) is 0. The van der Waals surface area contributed by atoms with Crippen LogP contribution in [0, 0.1) is 0 Å². The summed E-state index contributed by atoms with van der Waals surface area (Å²) < 4.78 is 0. The maximum Gasteiger partial charge on any atom is 0.178 e. The summed E-state index contributed by atoms with van der Waals surface area (Å²) in [5.41, 5.74) is 10.7. The molecule has 0 bridgehead atoms. The van der Waals surface area contributed by atoms with E-state index in [0.717, 1.165) is 93.7 Å². The van der Waals surface area contributed by atoms with Gasteiger partial charge in [-0.15, -0.1) is 0 Å². The largest absolute Gasteiger partial charge is 0.254 e. The van der Waals surface area contributed by atoms with Crippen LogP contribution in [0.2, 0.25) is 0 Å². The number of fused-ring (bicyclic) bond motifs is 6. The summed E-state index contributed by atoms with van der Waals surface area (Å²) in [5.74, 6) is 0.617. The molecule has 0 fully saturated rings. The summed E-state index contributed by atoms with van der Waals surface area (Å²) in [5, 5.41) is 6.58. The van der Waals surface area contributed by atoms with Crippen molar-refractivity contribution in [2.24, 2.45) is 0 Å². The Balaban J connectivity index is 1.02. The molecule has 0 saturated heterocycles. The van der Waals surface area contributed by atoms with Crippen LogP contribution in [0.1, 0.15) is 0 Å². The van der Waals surface area contributed by atoms with E-state index in [9.17, 15) is 0 Å². The maximum atomic E-state index is 5.15. The molecule has 0 atom stereocenters. The van der Waals surface area contributed by atoms with Crippen molar-refractivity contribution in [2.75, 3.05) is 0 Å². The van der Waals surface area contributed by atoms with E-state index in [1.54, 1.807) is 12.4 Å². The number of hydrogen-bond donors (Lipinski definition) is 0. The molecular weight excluding hydrogens is 613 g/mol. The number of benzene rings is 5. The zero-order chi connectivity index (χ0) is 33.0. The quantitative estimate of drug-likeness (QED) is 0.179. The Hall–Kier alpha value is -6.92. The van der Waals surface area contributed by atoms with E-state index in [1.807, 2.05) is 24.4 Å². The molecule has 6 heteroatoms. The van der Waals surface area contributed by atoms with Gasteiger partial charge in [-0.1, -0.05) is 91.0 Å². The van der Waals surface area contributed by atoms with Gasteiger partial charge in [-0.3, -0.25) is 4.98 Å². The van der Waals surface area contributed by atoms with Crippen LogP contribution in [0.15, 0.2) is 158 Å². The molecule has 10 aromatic rings. The van der Waals surface area contributed by atoms with Crippen molar-refractivity contribution in [1.82, 2.24) is 29.9 Å². The van der Waals surface area contributed by atoms with Crippen molar-refractivity contribution < 1.29 is 0 Å². The summed E-state index contributed by atoms with van der Waals surface area (Å²) in [6.07, 6.45) is 5.30. The first-order valence-corrected chi connectivity index (χ1v) is 16.5. The third kappa shape index (κ3) is 4.73. The Morgan fingerprint density at radius 2 is 0.940 bits per heavy atom. The van der Waals surface area contributed by atoms with Gasteiger partial charge < -0.3 is 0 Å². The molecule has 0 saturated carbocycles. The monoisotopic (exact) mass is 638 g/mol. The molecule has 0 aliphatic rings. The minimum Gasteiger partial charge on any atom is -0.254 e.